The number of ether oxygens (including phenoxy) is 1. The van der Waals surface area contributed by atoms with Crippen LogP contribution in [-0.2, 0) is 17.9 Å². The Hall–Kier alpha value is -3.33. The number of phenolic OH excluding ortho intramolecular Hbond substituents is 1. The first kappa shape index (κ1) is 27.2. The minimum absolute atomic E-state index is 0.0604. The third-order valence-corrected chi connectivity index (χ3v) is 7.86. The van der Waals surface area contributed by atoms with E-state index in [1.807, 2.05) is 31.2 Å². The number of nitrogens with zero attached hydrogens (tertiary/aromatic N) is 4. The Morgan fingerprint density at radius 2 is 1.72 bits per heavy atom. The number of halogens is 1. The molecule has 39 heavy (non-hydrogen) atoms. The predicted molar refractivity (Wildman–Crippen MR) is 152 cm³/mol. The van der Waals surface area contributed by atoms with E-state index in [9.17, 15) is 9.50 Å². The summed E-state index contributed by atoms with van der Waals surface area (Å²) in [4.78, 5) is 9.68. The Balaban J connectivity index is 1.35. The van der Waals surface area contributed by atoms with Crippen LogP contribution in [0.3, 0.4) is 0 Å². The molecule has 1 aliphatic heterocycles. The molecule has 1 fully saturated rings. The Morgan fingerprint density at radius 3 is 2.46 bits per heavy atom. The van der Waals surface area contributed by atoms with Gasteiger partial charge in [-0.05, 0) is 63.9 Å². The molecule has 0 spiro atoms. The number of aromatic amines is 1. The summed E-state index contributed by atoms with van der Waals surface area (Å²) in [6.45, 7) is 15.7. The first-order valence-electron chi connectivity index (χ1n) is 13.5. The fourth-order valence-corrected chi connectivity index (χ4v) is 5.60. The minimum atomic E-state index is -0.510. The molecule has 0 aliphatic carbocycles. The summed E-state index contributed by atoms with van der Waals surface area (Å²) in [6.07, 6.45) is 0. The quantitative estimate of drug-likeness (QED) is 0.285. The van der Waals surface area contributed by atoms with Gasteiger partial charge in [-0.25, -0.2) is 9.37 Å². The van der Waals surface area contributed by atoms with E-state index in [0.29, 0.717) is 36.7 Å². The fraction of sp³-hybridized carbons (Fsp3) is 0.419. The fourth-order valence-electron chi connectivity index (χ4n) is 5.60. The molecule has 2 aromatic carbocycles. The largest absolute Gasteiger partial charge is 0.508 e. The standard InChI is InChI=1S/C31H38FN5O2/c1-21-28-23(15-27(33-29(28)35-34-21)25-12-11-24(38)16-26(25)32)17-37-20-30(2,3)36(19-31(37,4)5)13-14-39-18-22-9-7-6-8-10-22/h6-12,15-16,38H,13-14,17-20H2,1-5H3,(H,33,34,35). The Labute approximate surface area is 229 Å². The molecular formula is C31H38FN5O2. The van der Waals surface area contributed by atoms with E-state index in [2.05, 4.69) is 64.8 Å². The van der Waals surface area contributed by atoms with E-state index in [0.717, 1.165) is 42.3 Å². The van der Waals surface area contributed by atoms with Gasteiger partial charge in [-0.2, -0.15) is 5.10 Å². The van der Waals surface area contributed by atoms with Gasteiger partial charge in [-0.3, -0.25) is 14.9 Å². The lowest BCUT2D eigenvalue weighted by molar-refractivity contribution is -0.0697. The maximum Gasteiger partial charge on any atom is 0.182 e. The van der Waals surface area contributed by atoms with Crippen LogP contribution < -0.4 is 0 Å². The van der Waals surface area contributed by atoms with E-state index in [-0.39, 0.29) is 16.8 Å². The zero-order valence-corrected chi connectivity index (χ0v) is 23.5. The van der Waals surface area contributed by atoms with Crippen LogP contribution in [0.5, 0.6) is 5.75 Å². The van der Waals surface area contributed by atoms with Crippen LogP contribution in [0.2, 0.25) is 0 Å². The summed E-state index contributed by atoms with van der Waals surface area (Å²) < 4.78 is 20.8. The lowest BCUT2D eigenvalue weighted by Gasteiger charge is -2.55. The average Bonchev–Trinajstić information content (AvgIpc) is 3.26. The molecule has 1 saturated heterocycles. The van der Waals surface area contributed by atoms with Gasteiger partial charge in [0.1, 0.15) is 11.6 Å². The van der Waals surface area contributed by atoms with E-state index in [4.69, 9.17) is 4.74 Å². The van der Waals surface area contributed by atoms with Gasteiger partial charge in [-0.1, -0.05) is 30.3 Å². The number of aromatic hydroxyl groups is 1. The highest BCUT2D eigenvalue weighted by atomic mass is 19.1. The Kier molecular flexibility index (Phi) is 7.46. The van der Waals surface area contributed by atoms with Gasteiger partial charge in [-0.15, -0.1) is 0 Å². The highest BCUT2D eigenvalue weighted by Gasteiger charge is 2.43. The maximum atomic E-state index is 14.8. The van der Waals surface area contributed by atoms with Gasteiger partial charge < -0.3 is 9.84 Å². The van der Waals surface area contributed by atoms with Crippen LogP contribution in [0.4, 0.5) is 4.39 Å². The molecule has 7 nitrogen and oxygen atoms in total. The van der Waals surface area contributed by atoms with Gasteiger partial charge >= 0.3 is 0 Å². The monoisotopic (exact) mass is 531 g/mol. The summed E-state index contributed by atoms with van der Waals surface area (Å²) in [7, 11) is 0. The second-order valence-electron chi connectivity index (χ2n) is 11.8. The summed E-state index contributed by atoms with van der Waals surface area (Å²) in [6, 6.07) is 16.4. The van der Waals surface area contributed by atoms with E-state index in [1.165, 1.54) is 11.6 Å². The molecule has 4 aromatic rings. The van der Waals surface area contributed by atoms with Crippen molar-refractivity contribution >= 4 is 11.0 Å². The molecule has 0 radical (unpaired) electrons. The predicted octanol–water partition coefficient (Wildman–Crippen LogP) is 5.67. The SMILES string of the molecule is Cc1[nH]nc2nc(-c3ccc(O)cc3F)cc(CN3CC(C)(C)N(CCOCc4ccccc4)CC3(C)C)c12. The van der Waals surface area contributed by atoms with Crippen molar-refractivity contribution in [2.75, 3.05) is 26.2 Å². The molecule has 5 rings (SSSR count). The van der Waals surface area contributed by atoms with Crippen molar-refractivity contribution in [2.45, 2.75) is 58.8 Å². The Morgan fingerprint density at radius 1 is 1.00 bits per heavy atom. The van der Waals surface area contributed by atoms with Crippen LogP contribution in [-0.4, -0.2) is 67.4 Å². The molecular weight excluding hydrogens is 493 g/mol. The summed E-state index contributed by atoms with van der Waals surface area (Å²) in [5.41, 5.74) is 4.43. The number of hydrogen-bond acceptors (Lipinski definition) is 6. The molecule has 0 atom stereocenters. The molecule has 0 amide bonds. The normalized spacial score (nSPS) is 17.6. The van der Waals surface area contributed by atoms with Gasteiger partial charge in [0.05, 0.1) is 18.9 Å². The zero-order chi connectivity index (χ0) is 27.8. The number of fused-ring (bicyclic) bond motifs is 1. The molecule has 2 aromatic heterocycles. The van der Waals surface area contributed by atoms with Gasteiger partial charge in [0.15, 0.2) is 5.65 Å². The number of pyridine rings is 1. The molecule has 3 heterocycles. The number of piperazine rings is 1. The topological polar surface area (TPSA) is 77.5 Å². The van der Waals surface area contributed by atoms with Gasteiger partial charge in [0.2, 0.25) is 0 Å². The second-order valence-corrected chi connectivity index (χ2v) is 11.8. The molecule has 2 N–H and O–H groups in total. The number of phenols is 1. The van der Waals surface area contributed by atoms with Crippen molar-refractivity contribution in [3.8, 4) is 17.0 Å². The van der Waals surface area contributed by atoms with Crippen molar-refractivity contribution in [1.82, 2.24) is 25.0 Å². The van der Waals surface area contributed by atoms with Crippen molar-refractivity contribution in [3.05, 3.63) is 77.2 Å². The smallest absolute Gasteiger partial charge is 0.182 e. The highest BCUT2D eigenvalue weighted by Crippen LogP contribution is 2.35. The number of aryl methyl sites for hydroxylation is 1. The number of aromatic nitrogens is 3. The first-order chi connectivity index (χ1) is 18.5. The van der Waals surface area contributed by atoms with Crippen molar-refractivity contribution < 1.29 is 14.2 Å². The third-order valence-electron chi connectivity index (χ3n) is 7.86. The molecule has 0 unspecified atom stereocenters. The van der Waals surface area contributed by atoms with Crippen LogP contribution >= 0.6 is 0 Å². The van der Waals surface area contributed by atoms with Crippen LogP contribution in [0.25, 0.3) is 22.3 Å². The number of benzene rings is 2. The zero-order valence-electron chi connectivity index (χ0n) is 23.5. The summed E-state index contributed by atoms with van der Waals surface area (Å²) in [5.74, 6) is -0.620. The van der Waals surface area contributed by atoms with Crippen LogP contribution in [0.15, 0.2) is 54.6 Å². The van der Waals surface area contributed by atoms with Gasteiger partial charge in [0.25, 0.3) is 0 Å². The molecule has 0 bridgehead atoms. The number of rotatable bonds is 8. The second kappa shape index (κ2) is 10.7. The van der Waals surface area contributed by atoms with Crippen LogP contribution in [0, 0.1) is 12.7 Å². The van der Waals surface area contributed by atoms with Crippen LogP contribution in [0.1, 0.15) is 44.5 Å². The molecule has 0 saturated carbocycles. The maximum absolute atomic E-state index is 14.8. The van der Waals surface area contributed by atoms with Gasteiger partial charge in [0, 0.05) is 60.0 Å². The molecule has 206 valence electrons. The van der Waals surface area contributed by atoms with E-state index in [1.54, 1.807) is 6.07 Å². The highest BCUT2D eigenvalue weighted by molar-refractivity contribution is 5.84. The Bertz CT molecular complexity index is 1450. The minimum Gasteiger partial charge on any atom is -0.508 e. The number of nitrogens with one attached hydrogen (secondary N) is 1. The van der Waals surface area contributed by atoms with E-state index < -0.39 is 5.82 Å². The number of hydrogen-bond donors (Lipinski definition) is 2. The lowest BCUT2D eigenvalue weighted by Crippen LogP contribution is -2.67. The van der Waals surface area contributed by atoms with Crippen molar-refractivity contribution in [1.29, 1.82) is 0 Å². The summed E-state index contributed by atoms with van der Waals surface area (Å²) >= 11 is 0. The van der Waals surface area contributed by atoms with E-state index >= 15 is 0 Å². The third kappa shape index (κ3) is 5.83. The average molecular weight is 532 g/mol. The first-order valence-corrected chi connectivity index (χ1v) is 13.5. The molecule has 1 aliphatic rings. The lowest BCUT2D eigenvalue weighted by atomic mass is 9.88. The van der Waals surface area contributed by atoms with Crippen molar-refractivity contribution in [2.24, 2.45) is 0 Å². The molecule has 8 heteroatoms. The van der Waals surface area contributed by atoms with Crippen molar-refractivity contribution in [3.63, 3.8) is 0 Å². The summed E-state index contributed by atoms with van der Waals surface area (Å²) in [5, 5.41) is 18.1. The number of H-pyrrole nitrogens is 1.